The molecule has 3 aromatic rings. The predicted molar refractivity (Wildman–Crippen MR) is 95.0 cm³/mol. The van der Waals surface area contributed by atoms with Gasteiger partial charge in [-0.05, 0) is 54.7 Å². The van der Waals surface area contributed by atoms with Gasteiger partial charge in [-0.25, -0.2) is 18.4 Å². The fourth-order valence-corrected chi connectivity index (χ4v) is 3.54. The molecule has 2 aromatic carbocycles. The van der Waals surface area contributed by atoms with Crippen LogP contribution in [0.15, 0.2) is 39.5 Å². The maximum absolute atomic E-state index is 13.4. The summed E-state index contributed by atoms with van der Waals surface area (Å²) in [6.45, 7) is -0.227. The molecule has 4 rings (SSSR count). The Bertz CT molecular complexity index is 1140. The highest BCUT2D eigenvalue weighted by Gasteiger charge is 2.19. The van der Waals surface area contributed by atoms with Crippen molar-refractivity contribution < 1.29 is 22.7 Å². The number of benzene rings is 2. The Morgan fingerprint density at radius 3 is 2.56 bits per heavy atom. The molecule has 0 radical (unpaired) electrons. The zero-order chi connectivity index (χ0) is 19.1. The molecule has 4 nitrogen and oxygen atoms in total. The predicted octanol–water partition coefficient (Wildman–Crippen LogP) is 4.57. The van der Waals surface area contributed by atoms with Gasteiger partial charge in [0.05, 0.1) is 10.6 Å². The lowest BCUT2D eigenvalue weighted by molar-refractivity contribution is 0.0473. The molecule has 0 amide bonds. The maximum Gasteiger partial charge on any atom is 0.340 e. The van der Waals surface area contributed by atoms with Crippen molar-refractivity contribution in [3.8, 4) is 0 Å². The Hall–Kier alpha value is -2.73. The number of rotatable bonds is 3. The summed E-state index contributed by atoms with van der Waals surface area (Å²) in [6, 6.07) is 6.43. The summed E-state index contributed by atoms with van der Waals surface area (Å²) in [4.78, 5) is 24.0. The van der Waals surface area contributed by atoms with Gasteiger partial charge in [0.2, 0.25) is 0 Å². The number of carbonyl (C=O) groups is 1. The number of ether oxygens (including phenoxy) is 1. The van der Waals surface area contributed by atoms with Crippen LogP contribution in [-0.4, -0.2) is 5.97 Å². The minimum Gasteiger partial charge on any atom is -0.457 e. The highest BCUT2D eigenvalue weighted by molar-refractivity contribution is 6.33. The van der Waals surface area contributed by atoms with Crippen molar-refractivity contribution in [2.24, 2.45) is 0 Å². The maximum atomic E-state index is 13.4. The van der Waals surface area contributed by atoms with Crippen molar-refractivity contribution >= 4 is 28.5 Å². The van der Waals surface area contributed by atoms with Crippen LogP contribution in [0.25, 0.3) is 11.0 Å². The second-order valence-electron chi connectivity index (χ2n) is 6.38. The van der Waals surface area contributed by atoms with Crippen LogP contribution in [0.3, 0.4) is 0 Å². The SMILES string of the molecule is O=C(OCc1cc(=O)oc2cc3c(cc12)CCC3)c1cc(F)c(F)cc1Cl. The van der Waals surface area contributed by atoms with E-state index >= 15 is 0 Å². The molecule has 0 unspecified atom stereocenters. The number of hydrogen-bond acceptors (Lipinski definition) is 4. The molecule has 138 valence electrons. The zero-order valence-electron chi connectivity index (χ0n) is 14.0. The summed E-state index contributed by atoms with van der Waals surface area (Å²) in [5.41, 5.74) is 2.38. The van der Waals surface area contributed by atoms with E-state index < -0.39 is 23.2 Å². The monoisotopic (exact) mass is 390 g/mol. The van der Waals surface area contributed by atoms with Gasteiger partial charge < -0.3 is 9.15 Å². The fraction of sp³-hybridized carbons (Fsp3) is 0.200. The summed E-state index contributed by atoms with van der Waals surface area (Å²) >= 11 is 5.79. The molecule has 0 bridgehead atoms. The van der Waals surface area contributed by atoms with Crippen LogP contribution < -0.4 is 5.63 Å². The van der Waals surface area contributed by atoms with Crippen LogP contribution >= 0.6 is 11.6 Å². The standard InChI is InChI=1S/C20H13ClF2O4/c21-15-8-17(23)16(22)7-14(15)20(25)26-9-12-6-19(24)27-18-5-11-3-1-2-10(11)4-13(12)18/h4-8H,1-3,9H2. The summed E-state index contributed by atoms with van der Waals surface area (Å²) in [6.07, 6.45) is 2.91. The molecule has 1 aromatic heterocycles. The van der Waals surface area contributed by atoms with E-state index in [1.54, 1.807) is 0 Å². The van der Waals surface area contributed by atoms with Crippen molar-refractivity contribution in [2.45, 2.75) is 25.9 Å². The molecule has 0 saturated carbocycles. The first-order valence-electron chi connectivity index (χ1n) is 8.32. The molecule has 27 heavy (non-hydrogen) atoms. The fourth-order valence-electron chi connectivity index (χ4n) is 3.31. The first-order chi connectivity index (χ1) is 12.9. The topological polar surface area (TPSA) is 56.5 Å². The average molecular weight is 391 g/mol. The van der Waals surface area contributed by atoms with E-state index in [2.05, 4.69) is 0 Å². The smallest absolute Gasteiger partial charge is 0.340 e. The van der Waals surface area contributed by atoms with E-state index in [4.69, 9.17) is 20.8 Å². The Morgan fingerprint density at radius 2 is 1.78 bits per heavy atom. The lowest BCUT2D eigenvalue weighted by Crippen LogP contribution is -2.09. The van der Waals surface area contributed by atoms with E-state index in [-0.39, 0.29) is 17.2 Å². The number of carbonyl (C=O) groups excluding carboxylic acids is 1. The van der Waals surface area contributed by atoms with Crippen molar-refractivity contribution in [3.63, 3.8) is 0 Å². The van der Waals surface area contributed by atoms with Gasteiger partial charge in [-0.15, -0.1) is 0 Å². The van der Waals surface area contributed by atoms with Crippen LogP contribution in [0.4, 0.5) is 8.78 Å². The molecule has 1 aliphatic rings. The first-order valence-corrected chi connectivity index (χ1v) is 8.70. The van der Waals surface area contributed by atoms with Crippen molar-refractivity contribution in [1.82, 2.24) is 0 Å². The van der Waals surface area contributed by atoms with E-state index in [1.807, 2.05) is 12.1 Å². The van der Waals surface area contributed by atoms with Gasteiger partial charge >= 0.3 is 11.6 Å². The summed E-state index contributed by atoms with van der Waals surface area (Å²) < 4.78 is 37.0. The zero-order valence-corrected chi connectivity index (χ0v) is 14.7. The van der Waals surface area contributed by atoms with Gasteiger partial charge in [-0.2, -0.15) is 0 Å². The van der Waals surface area contributed by atoms with Gasteiger partial charge in [0.25, 0.3) is 0 Å². The van der Waals surface area contributed by atoms with Crippen LogP contribution in [0.1, 0.15) is 33.5 Å². The minimum absolute atomic E-state index is 0.227. The van der Waals surface area contributed by atoms with Crippen molar-refractivity contribution in [1.29, 1.82) is 0 Å². The summed E-state index contributed by atoms with van der Waals surface area (Å²) in [7, 11) is 0. The third kappa shape index (κ3) is 3.32. The van der Waals surface area contributed by atoms with E-state index in [0.717, 1.165) is 24.8 Å². The number of esters is 1. The van der Waals surface area contributed by atoms with Crippen molar-refractivity contribution in [3.05, 3.63) is 79.7 Å². The van der Waals surface area contributed by atoms with Gasteiger partial charge in [-0.1, -0.05) is 11.6 Å². The molecule has 0 fully saturated rings. The van der Waals surface area contributed by atoms with E-state index in [9.17, 15) is 18.4 Å². The molecule has 0 aliphatic heterocycles. The largest absolute Gasteiger partial charge is 0.457 e. The number of fused-ring (bicyclic) bond motifs is 2. The lowest BCUT2D eigenvalue weighted by atomic mass is 10.0. The molecule has 1 aliphatic carbocycles. The second-order valence-corrected chi connectivity index (χ2v) is 6.79. The van der Waals surface area contributed by atoms with E-state index in [0.29, 0.717) is 28.7 Å². The molecule has 0 saturated heterocycles. The third-order valence-electron chi connectivity index (χ3n) is 4.63. The normalized spacial score (nSPS) is 13.0. The first kappa shape index (κ1) is 17.7. The van der Waals surface area contributed by atoms with Gasteiger partial charge in [0, 0.05) is 17.0 Å². The Morgan fingerprint density at radius 1 is 1.07 bits per heavy atom. The Balaban J connectivity index is 1.65. The summed E-state index contributed by atoms with van der Waals surface area (Å²) in [5.74, 6) is -3.27. The van der Waals surface area contributed by atoms with Crippen LogP contribution in [0.5, 0.6) is 0 Å². The van der Waals surface area contributed by atoms with Gasteiger partial charge in [0.1, 0.15) is 12.2 Å². The quantitative estimate of drug-likeness (QED) is 0.373. The molecule has 7 heteroatoms. The van der Waals surface area contributed by atoms with Crippen LogP contribution in [0.2, 0.25) is 5.02 Å². The number of hydrogen-bond donors (Lipinski definition) is 0. The molecule has 0 spiro atoms. The van der Waals surface area contributed by atoms with Gasteiger partial charge in [-0.3, -0.25) is 0 Å². The molecule has 0 atom stereocenters. The Labute approximate surface area is 157 Å². The highest BCUT2D eigenvalue weighted by atomic mass is 35.5. The van der Waals surface area contributed by atoms with Gasteiger partial charge in [0.15, 0.2) is 11.6 Å². The number of aryl methyl sites for hydroxylation is 2. The van der Waals surface area contributed by atoms with Crippen molar-refractivity contribution in [2.75, 3.05) is 0 Å². The van der Waals surface area contributed by atoms with Crippen LogP contribution in [0, 0.1) is 11.6 Å². The molecule has 0 N–H and O–H groups in total. The van der Waals surface area contributed by atoms with Crippen LogP contribution in [-0.2, 0) is 24.2 Å². The highest BCUT2D eigenvalue weighted by Crippen LogP contribution is 2.29. The Kier molecular flexibility index (Phi) is 4.44. The second kappa shape index (κ2) is 6.78. The third-order valence-corrected chi connectivity index (χ3v) is 4.94. The lowest BCUT2D eigenvalue weighted by Gasteiger charge is -2.10. The van der Waals surface area contributed by atoms with E-state index in [1.165, 1.54) is 11.6 Å². The number of halogens is 3. The molecular formula is C20H13ClF2O4. The average Bonchev–Trinajstić information content (AvgIpc) is 3.08. The minimum atomic E-state index is -1.20. The molecular weight excluding hydrogens is 378 g/mol. The molecule has 1 heterocycles. The summed E-state index contributed by atoms with van der Waals surface area (Å²) in [5, 5.41) is 0.425.